The van der Waals surface area contributed by atoms with Crippen molar-refractivity contribution in [2.24, 2.45) is 0 Å². The summed E-state index contributed by atoms with van der Waals surface area (Å²) in [6, 6.07) is 23.6. The fourth-order valence-electron chi connectivity index (χ4n) is 2.84. The Morgan fingerprint density at radius 3 is 2.26 bits per heavy atom. The maximum Gasteiger partial charge on any atom is 0.243 e. The predicted octanol–water partition coefficient (Wildman–Crippen LogP) is 4.93. The molecule has 0 heterocycles. The molecule has 3 aromatic carbocycles. The number of hydrogen-bond acceptors (Lipinski definition) is 3. The van der Waals surface area contributed by atoms with E-state index in [0.29, 0.717) is 6.61 Å². The molecule has 0 saturated heterocycles. The first-order valence-corrected chi connectivity index (χ1v) is 8.99. The number of rotatable bonds is 7. The average molecular weight is 360 g/mol. The average Bonchev–Trinajstić information content (AvgIpc) is 2.69. The molecule has 0 radical (unpaired) electrons. The summed E-state index contributed by atoms with van der Waals surface area (Å²) in [5.41, 5.74) is 4.87. The molecule has 0 spiro atoms. The van der Waals surface area contributed by atoms with Crippen molar-refractivity contribution in [3.05, 3.63) is 89.5 Å². The molecule has 0 aliphatic carbocycles. The van der Waals surface area contributed by atoms with Gasteiger partial charge in [-0.05, 0) is 42.7 Å². The Labute approximate surface area is 160 Å². The monoisotopic (exact) mass is 360 g/mol. The summed E-state index contributed by atoms with van der Waals surface area (Å²) in [5, 5.41) is 6.16. The molecule has 0 aliphatic heterocycles. The van der Waals surface area contributed by atoms with Crippen molar-refractivity contribution in [2.75, 3.05) is 17.2 Å². The van der Waals surface area contributed by atoms with Gasteiger partial charge in [0.25, 0.3) is 0 Å². The highest BCUT2D eigenvalue weighted by Gasteiger charge is 2.09. The van der Waals surface area contributed by atoms with E-state index in [1.165, 1.54) is 0 Å². The molecular weight excluding hydrogens is 336 g/mol. The molecule has 3 rings (SSSR count). The summed E-state index contributed by atoms with van der Waals surface area (Å²) in [7, 11) is 0. The van der Waals surface area contributed by atoms with Crippen LogP contribution in [0.1, 0.15) is 16.7 Å². The molecule has 3 aromatic rings. The highest BCUT2D eigenvalue weighted by Crippen LogP contribution is 2.25. The van der Waals surface area contributed by atoms with Gasteiger partial charge in [-0.1, -0.05) is 60.7 Å². The molecule has 0 unspecified atom stereocenters. The third kappa shape index (κ3) is 5.11. The van der Waals surface area contributed by atoms with Crippen LogP contribution in [0.4, 0.5) is 11.4 Å². The van der Waals surface area contributed by atoms with Crippen LogP contribution in [-0.2, 0) is 11.4 Å². The number of carbonyl (C=O) groups excluding carboxylic acids is 1. The van der Waals surface area contributed by atoms with Gasteiger partial charge >= 0.3 is 0 Å². The van der Waals surface area contributed by atoms with Gasteiger partial charge in [-0.3, -0.25) is 4.79 Å². The number of benzene rings is 3. The fraction of sp³-hybridized carbons (Fsp3) is 0.174. The molecule has 0 aliphatic rings. The lowest BCUT2D eigenvalue weighted by atomic mass is 10.1. The highest BCUT2D eigenvalue weighted by atomic mass is 16.5. The Kier molecular flexibility index (Phi) is 6.10. The molecule has 27 heavy (non-hydrogen) atoms. The van der Waals surface area contributed by atoms with Gasteiger partial charge in [0.2, 0.25) is 5.91 Å². The SMILES string of the molecule is Cc1cccc(C)c1NC(=O)CNc1ccccc1OCc1ccccc1. The van der Waals surface area contributed by atoms with Gasteiger partial charge in [-0.25, -0.2) is 0 Å². The van der Waals surface area contributed by atoms with Gasteiger partial charge < -0.3 is 15.4 Å². The number of nitrogens with one attached hydrogen (secondary N) is 2. The van der Waals surface area contributed by atoms with Crippen molar-refractivity contribution in [3.63, 3.8) is 0 Å². The number of anilines is 2. The lowest BCUT2D eigenvalue weighted by Gasteiger charge is -2.15. The van der Waals surface area contributed by atoms with Crippen LogP contribution < -0.4 is 15.4 Å². The minimum Gasteiger partial charge on any atom is -0.487 e. The third-order valence-corrected chi connectivity index (χ3v) is 4.31. The largest absolute Gasteiger partial charge is 0.487 e. The molecule has 0 atom stereocenters. The second-order valence-corrected chi connectivity index (χ2v) is 6.44. The van der Waals surface area contributed by atoms with Gasteiger partial charge in [0.05, 0.1) is 12.2 Å². The molecule has 138 valence electrons. The third-order valence-electron chi connectivity index (χ3n) is 4.31. The van der Waals surface area contributed by atoms with E-state index >= 15 is 0 Å². The van der Waals surface area contributed by atoms with Crippen LogP contribution in [0, 0.1) is 13.8 Å². The number of ether oxygens (including phenoxy) is 1. The number of amides is 1. The second-order valence-electron chi connectivity index (χ2n) is 6.44. The Bertz CT molecular complexity index is 887. The van der Waals surface area contributed by atoms with E-state index in [-0.39, 0.29) is 12.5 Å². The van der Waals surface area contributed by atoms with Crippen LogP contribution in [0.5, 0.6) is 5.75 Å². The van der Waals surface area contributed by atoms with E-state index in [9.17, 15) is 4.79 Å². The normalized spacial score (nSPS) is 10.3. The zero-order valence-electron chi connectivity index (χ0n) is 15.7. The number of carbonyl (C=O) groups is 1. The van der Waals surface area contributed by atoms with Crippen molar-refractivity contribution in [1.29, 1.82) is 0 Å². The topological polar surface area (TPSA) is 50.4 Å². The van der Waals surface area contributed by atoms with E-state index in [2.05, 4.69) is 10.6 Å². The van der Waals surface area contributed by atoms with Crippen LogP contribution in [-0.4, -0.2) is 12.5 Å². The van der Waals surface area contributed by atoms with Crippen molar-refractivity contribution in [2.45, 2.75) is 20.5 Å². The number of aryl methyl sites for hydroxylation is 2. The summed E-state index contributed by atoms with van der Waals surface area (Å²) in [4.78, 5) is 12.4. The molecule has 0 saturated carbocycles. The molecule has 0 aromatic heterocycles. The maximum atomic E-state index is 12.4. The lowest BCUT2D eigenvalue weighted by Crippen LogP contribution is -2.22. The van der Waals surface area contributed by atoms with Crippen LogP contribution in [0.3, 0.4) is 0 Å². The first-order chi connectivity index (χ1) is 13.1. The fourth-order valence-corrected chi connectivity index (χ4v) is 2.84. The Morgan fingerprint density at radius 1 is 0.852 bits per heavy atom. The summed E-state index contributed by atoms with van der Waals surface area (Å²) >= 11 is 0. The minimum absolute atomic E-state index is 0.0923. The van der Waals surface area contributed by atoms with Crippen molar-refractivity contribution >= 4 is 17.3 Å². The van der Waals surface area contributed by atoms with Crippen molar-refractivity contribution in [1.82, 2.24) is 0 Å². The van der Waals surface area contributed by atoms with Gasteiger partial charge in [0.1, 0.15) is 12.4 Å². The molecule has 2 N–H and O–H groups in total. The Balaban J connectivity index is 1.60. The van der Waals surface area contributed by atoms with Crippen LogP contribution in [0.2, 0.25) is 0 Å². The van der Waals surface area contributed by atoms with Crippen LogP contribution in [0.25, 0.3) is 0 Å². The Hall–Kier alpha value is -3.27. The van der Waals surface area contributed by atoms with Gasteiger partial charge in [0, 0.05) is 5.69 Å². The lowest BCUT2D eigenvalue weighted by molar-refractivity contribution is -0.114. The summed E-state index contributed by atoms with van der Waals surface area (Å²) in [6.07, 6.45) is 0. The molecule has 4 heteroatoms. The highest BCUT2D eigenvalue weighted by molar-refractivity contribution is 5.95. The molecule has 4 nitrogen and oxygen atoms in total. The minimum atomic E-state index is -0.0923. The molecule has 0 fully saturated rings. The summed E-state index contributed by atoms with van der Waals surface area (Å²) in [5.74, 6) is 0.631. The number of para-hydroxylation sites is 3. The predicted molar refractivity (Wildman–Crippen MR) is 110 cm³/mol. The molecular formula is C23H24N2O2. The summed E-state index contributed by atoms with van der Waals surface area (Å²) < 4.78 is 5.92. The van der Waals surface area contributed by atoms with E-state index in [1.54, 1.807) is 0 Å². The van der Waals surface area contributed by atoms with Crippen molar-refractivity contribution < 1.29 is 9.53 Å². The molecule has 0 bridgehead atoms. The first kappa shape index (κ1) is 18.5. The van der Waals surface area contributed by atoms with Crippen molar-refractivity contribution in [3.8, 4) is 5.75 Å². The van der Waals surface area contributed by atoms with Gasteiger partial charge in [0.15, 0.2) is 0 Å². The summed E-state index contributed by atoms with van der Waals surface area (Å²) in [6.45, 7) is 4.62. The first-order valence-electron chi connectivity index (χ1n) is 8.99. The van der Waals surface area contributed by atoms with E-state index in [1.807, 2.05) is 86.6 Å². The van der Waals surface area contributed by atoms with E-state index in [0.717, 1.165) is 33.8 Å². The standard InChI is InChI=1S/C23H24N2O2/c1-17-9-8-10-18(2)23(17)25-22(26)15-24-20-13-6-7-14-21(20)27-16-19-11-4-3-5-12-19/h3-14,24H,15-16H2,1-2H3,(H,25,26). The van der Waals surface area contributed by atoms with Crippen LogP contribution >= 0.6 is 0 Å². The Morgan fingerprint density at radius 2 is 1.52 bits per heavy atom. The molecule has 1 amide bonds. The quantitative estimate of drug-likeness (QED) is 0.628. The second kappa shape index (κ2) is 8.90. The smallest absolute Gasteiger partial charge is 0.243 e. The van der Waals surface area contributed by atoms with Gasteiger partial charge in [-0.2, -0.15) is 0 Å². The zero-order chi connectivity index (χ0) is 19.1. The van der Waals surface area contributed by atoms with Gasteiger partial charge in [-0.15, -0.1) is 0 Å². The number of hydrogen-bond donors (Lipinski definition) is 2. The van der Waals surface area contributed by atoms with E-state index in [4.69, 9.17) is 4.74 Å². The van der Waals surface area contributed by atoms with Crippen LogP contribution in [0.15, 0.2) is 72.8 Å². The maximum absolute atomic E-state index is 12.4. The zero-order valence-corrected chi connectivity index (χ0v) is 15.7. The van der Waals surface area contributed by atoms with E-state index < -0.39 is 0 Å².